The molecule has 3 N–H and O–H groups in total. The van der Waals surface area contributed by atoms with Gasteiger partial charge >= 0.3 is 0 Å². The van der Waals surface area contributed by atoms with E-state index < -0.39 is 5.41 Å². The third kappa shape index (κ3) is 3.95. The molecule has 1 amide bonds. The number of carbonyl (C=O) groups excluding carboxylic acids is 1. The average molecular weight is 284 g/mol. The smallest absolute Gasteiger partial charge is 0.230 e. The number of nitrogens with two attached hydrogens (primary N) is 1. The van der Waals surface area contributed by atoms with Crippen molar-refractivity contribution in [1.29, 1.82) is 0 Å². The summed E-state index contributed by atoms with van der Waals surface area (Å²) in [5.74, 6) is 0.185. The summed E-state index contributed by atoms with van der Waals surface area (Å²) in [5, 5.41) is 9.32. The zero-order valence-corrected chi connectivity index (χ0v) is 13.2. The highest BCUT2D eigenvalue weighted by atomic mass is 16.3. The first-order chi connectivity index (χ1) is 9.65. The molecule has 4 heteroatoms. The van der Waals surface area contributed by atoms with Crippen molar-refractivity contribution in [2.45, 2.75) is 71.3 Å². The Morgan fingerprint density at radius 1 is 1.25 bits per heavy atom. The van der Waals surface area contributed by atoms with Crippen molar-refractivity contribution in [3.05, 3.63) is 0 Å². The minimum atomic E-state index is -0.415. The van der Waals surface area contributed by atoms with Crippen LogP contribution in [0, 0.1) is 5.41 Å². The number of carbonyl (C=O) groups is 1. The van der Waals surface area contributed by atoms with Crippen LogP contribution in [-0.2, 0) is 4.79 Å². The molecule has 0 saturated heterocycles. The summed E-state index contributed by atoms with van der Waals surface area (Å²) in [7, 11) is 0. The van der Waals surface area contributed by atoms with Gasteiger partial charge in [0.05, 0.1) is 12.0 Å². The van der Waals surface area contributed by atoms with Crippen molar-refractivity contribution in [3.8, 4) is 0 Å². The minimum Gasteiger partial charge on any atom is -0.395 e. The zero-order valence-electron chi connectivity index (χ0n) is 13.2. The summed E-state index contributed by atoms with van der Waals surface area (Å²) in [6.45, 7) is 5.14. The molecule has 0 unspecified atom stereocenters. The normalized spacial score (nSPS) is 16.6. The SMILES string of the molecule is CCCC(CN)(CCC)C(=O)N(CCO)C1CCCC1. The molecule has 0 aromatic carbocycles. The molecule has 0 aliphatic heterocycles. The Morgan fingerprint density at radius 3 is 2.20 bits per heavy atom. The predicted molar refractivity (Wildman–Crippen MR) is 82.4 cm³/mol. The minimum absolute atomic E-state index is 0.0428. The highest BCUT2D eigenvalue weighted by molar-refractivity contribution is 5.83. The van der Waals surface area contributed by atoms with Gasteiger partial charge in [-0.2, -0.15) is 0 Å². The molecule has 1 fully saturated rings. The van der Waals surface area contributed by atoms with Gasteiger partial charge in [-0.05, 0) is 25.7 Å². The van der Waals surface area contributed by atoms with Crippen molar-refractivity contribution >= 4 is 5.91 Å². The van der Waals surface area contributed by atoms with Crippen LogP contribution >= 0.6 is 0 Å². The summed E-state index contributed by atoms with van der Waals surface area (Å²) >= 11 is 0. The molecule has 0 heterocycles. The maximum atomic E-state index is 13.1. The highest BCUT2D eigenvalue weighted by Gasteiger charge is 2.40. The van der Waals surface area contributed by atoms with Gasteiger partial charge in [0.15, 0.2) is 0 Å². The first-order valence-corrected chi connectivity index (χ1v) is 8.27. The van der Waals surface area contributed by atoms with Crippen molar-refractivity contribution in [2.75, 3.05) is 19.7 Å². The second kappa shape index (κ2) is 8.63. The van der Waals surface area contributed by atoms with Crippen LogP contribution < -0.4 is 5.73 Å². The van der Waals surface area contributed by atoms with Crippen molar-refractivity contribution in [2.24, 2.45) is 11.1 Å². The molecule has 0 spiro atoms. The first-order valence-electron chi connectivity index (χ1n) is 8.27. The lowest BCUT2D eigenvalue weighted by atomic mass is 9.77. The highest BCUT2D eigenvalue weighted by Crippen LogP contribution is 2.34. The fraction of sp³-hybridized carbons (Fsp3) is 0.938. The number of amides is 1. The van der Waals surface area contributed by atoms with Gasteiger partial charge in [-0.25, -0.2) is 0 Å². The van der Waals surface area contributed by atoms with E-state index in [1.165, 1.54) is 12.8 Å². The lowest BCUT2D eigenvalue weighted by Crippen LogP contribution is -2.52. The Morgan fingerprint density at radius 2 is 1.80 bits per heavy atom. The third-order valence-electron chi connectivity index (χ3n) is 4.67. The van der Waals surface area contributed by atoms with E-state index in [9.17, 15) is 9.90 Å². The Hall–Kier alpha value is -0.610. The lowest BCUT2D eigenvalue weighted by molar-refractivity contribution is -0.145. The van der Waals surface area contributed by atoms with Gasteiger partial charge in [0.25, 0.3) is 0 Å². The Bertz CT molecular complexity index is 282. The Kier molecular flexibility index (Phi) is 7.52. The molecule has 118 valence electrons. The summed E-state index contributed by atoms with van der Waals surface area (Å²) in [6.07, 6.45) is 8.18. The van der Waals surface area contributed by atoms with Crippen LogP contribution in [0.1, 0.15) is 65.2 Å². The molecule has 0 radical (unpaired) electrons. The quantitative estimate of drug-likeness (QED) is 0.682. The molecule has 20 heavy (non-hydrogen) atoms. The number of rotatable bonds is 9. The molecular formula is C16H32N2O2. The number of hydrogen-bond acceptors (Lipinski definition) is 3. The molecule has 1 saturated carbocycles. The number of aliphatic hydroxyl groups is 1. The molecular weight excluding hydrogens is 252 g/mol. The topological polar surface area (TPSA) is 66.6 Å². The monoisotopic (exact) mass is 284 g/mol. The maximum absolute atomic E-state index is 13.1. The van der Waals surface area contributed by atoms with E-state index in [-0.39, 0.29) is 12.5 Å². The van der Waals surface area contributed by atoms with E-state index >= 15 is 0 Å². The third-order valence-corrected chi connectivity index (χ3v) is 4.67. The first kappa shape index (κ1) is 17.4. The largest absolute Gasteiger partial charge is 0.395 e. The van der Waals surface area contributed by atoms with E-state index in [1.807, 2.05) is 4.90 Å². The average Bonchev–Trinajstić information content (AvgIpc) is 2.97. The van der Waals surface area contributed by atoms with Crippen molar-refractivity contribution in [1.82, 2.24) is 4.90 Å². The Labute approximate surface area is 123 Å². The van der Waals surface area contributed by atoms with Gasteiger partial charge < -0.3 is 15.7 Å². The van der Waals surface area contributed by atoms with Gasteiger partial charge in [0.2, 0.25) is 5.91 Å². The molecule has 4 nitrogen and oxygen atoms in total. The molecule has 0 atom stereocenters. The molecule has 1 aliphatic carbocycles. The van der Waals surface area contributed by atoms with Gasteiger partial charge in [-0.15, -0.1) is 0 Å². The Balaban J connectivity index is 2.92. The summed E-state index contributed by atoms with van der Waals surface area (Å²) in [5.41, 5.74) is 5.59. The second-order valence-corrected chi connectivity index (χ2v) is 6.14. The van der Waals surface area contributed by atoms with Crippen LogP contribution in [-0.4, -0.2) is 41.7 Å². The second-order valence-electron chi connectivity index (χ2n) is 6.14. The fourth-order valence-corrected chi connectivity index (χ4v) is 3.67. The summed E-state index contributed by atoms with van der Waals surface area (Å²) < 4.78 is 0. The van der Waals surface area contributed by atoms with Crippen molar-refractivity contribution < 1.29 is 9.90 Å². The van der Waals surface area contributed by atoms with E-state index in [0.717, 1.165) is 38.5 Å². The van der Waals surface area contributed by atoms with Gasteiger partial charge in [-0.1, -0.05) is 39.5 Å². The predicted octanol–water partition coefficient (Wildman–Crippen LogP) is 2.30. The molecule has 0 aromatic rings. The zero-order chi connectivity index (χ0) is 15.0. The fourth-order valence-electron chi connectivity index (χ4n) is 3.67. The number of hydrogen-bond donors (Lipinski definition) is 2. The van der Waals surface area contributed by atoms with Crippen molar-refractivity contribution in [3.63, 3.8) is 0 Å². The van der Waals surface area contributed by atoms with Crippen LogP contribution in [0.25, 0.3) is 0 Å². The summed E-state index contributed by atoms with van der Waals surface area (Å²) in [6, 6.07) is 0.314. The van der Waals surface area contributed by atoms with E-state index in [4.69, 9.17) is 5.73 Å². The molecule has 1 rings (SSSR count). The molecule has 0 bridgehead atoms. The van der Waals surface area contributed by atoms with Gasteiger partial charge in [0.1, 0.15) is 0 Å². The van der Waals surface area contributed by atoms with Crippen LogP contribution in [0.5, 0.6) is 0 Å². The van der Waals surface area contributed by atoms with Gasteiger partial charge in [-0.3, -0.25) is 4.79 Å². The summed E-state index contributed by atoms with van der Waals surface area (Å²) in [4.78, 5) is 15.0. The van der Waals surface area contributed by atoms with Crippen LogP contribution in [0.2, 0.25) is 0 Å². The standard InChI is InChI=1S/C16H32N2O2/c1-3-9-16(13-17,10-4-2)15(20)18(11-12-19)14-7-5-6-8-14/h14,19H,3-13,17H2,1-2H3. The van der Waals surface area contributed by atoms with E-state index in [2.05, 4.69) is 13.8 Å². The van der Waals surface area contributed by atoms with Crippen LogP contribution in [0.3, 0.4) is 0 Å². The van der Waals surface area contributed by atoms with Gasteiger partial charge in [0, 0.05) is 19.1 Å². The van der Waals surface area contributed by atoms with E-state index in [1.54, 1.807) is 0 Å². The van der Waals surface area contributed by atoms with Crippen LogP contribution in [0.15, 0.2) is 0 Å². The number of nitrogens with zero attached hydrogens (tertiary/aromatic N) is 1. The molecule has 1 aliphatic rings. The van der Waals surface area contributed by atoms with E-state index in [0.29, 0.717) is 19.1 Å². The maximum Gasteiger partial charge on any atom is 0.230 e. The lowest BCUT2D eigenvalue weighted by Gasteiger charge is -2.39. The molecule has 0 aromatic heterocycles. The van der Waals surface area contributed by atoms with Crippen LogP contribution in [0.4, 0.5) is 0 Å². The number of aliphatic hydroxyl groups excluding tert-OH is 1.